The summed E-state index contributed by atoms with van der Waals surface area (Å²) >= 11 is 0. The largest absolute Gasteiger partial charge is 0.378 e. The molecule has 0 amide bonds. The molecule has 1 aromatic rings. The molecule has 3 heteroatoms. The van der Waals surface area contributed by atoms with Crippen molar-refractivity contribution in [2.75, 3.05) is 38.3 Å². The van der Waals surface area contributed by atoms with Gasteiger partial charge in [0.1, 0.15) is 0 Å². The molecule has 94 valence electrons. The van der Waals surface area contributed by atoms with Gasteiger partial charge in [0.2, 0.25) is 0 Å². The molecule has 1 aliphatic rings. The number of hydrogen-bond donors (Lipinski definition) is 1. The second-order valence-corrected chi connectivity index (χ2v) is 4.99. The molecule has 0 spiro atoms. The standard InChI is InChI=1S/C14H22N2O/c1-14(2,15-3)12-6-4-5-7-13(12)16-8-10-17-11-9-16/h4-7,15H,8-11H2,1-3H3. The first kappa shape index (κ1) is 12.4. The van der Waals surface area contributed by atoms with E-state index in [2.05, 4.69) is 48.3 Å². The van der Waals surface area contributed by atoms with Gasteiger partial charge in [0, 0.05) is 24.3 Å². The van der Waals surface area contributed by atoms with Gasteiger partial charge >= 0.3 is 0 Å². The van der Waals surface area contributed by atoms with Crippen molar-refractivity contribution in [2.45, 2.75) is 19.4 Å². The Morgan fingerprint density at radius 3 is 2.47 bits per heavy atom. The molecule has 3 nitrogen and oxygen atoms in total. The maximum absolute atomic E-state index is 5.42. The number of para-hydroxylation sites is 1. The minimum atomic E-state index is -0.00506. The van der Waals surface area contributed by atoms with Gasteiger partial charge < -0.3 is 15.0 Å². The zero-order chi connectivity index (χ0) is 12.3. The van der Waals surface area contributed by atoms with Gasteiger partial charge in [0.05, 0.1) is 13.2 Å². The van der Waals surface area contributed by atoms with Gasteiger partial charge in [0.25, 0.3) is 0 Å². The van der Waals surface area contributed by atoms with Crippen LogP contribution in [0.15, 0.2) is 24.3 Å². The van der Waals surface area contributed by atoms with E-state index in [-0.39, 0.29) is 5.54 Å². The molecule has 17 heavy (non-hydrogen) atoms. The Labute approximate surface area is 104 Å². The fourth-order valence-electron chi connectivity index (χ4n) is 2.22. The van der Waals surface area contributed by atoms with E-state index in [4.69, 9.17) is 4.74 Å². The van der Waals surface area contributed by atoms with Gasteiger partial charge in [-0.15, -0.1) is 0 Å². The third-order valence-electron chi connectivity index (χ3n) is 3.55. The molecule has 0 aromatic heterocycles. The summed E-state index contributed by atoms with van der Waals surface area (Å²) in [5, 5.41) is 3.38. The highest BCUT2D eigenvalue weighted by atomic mass is 16.5. The van der Waals surface area contributed by atoms with Crippen LogP contribution >= 0.6 is 0 Å². The second kappa shape index (κ2) is 5.07. The molecule has 1 aromatic carbocycles. The van der Waals surface area contributed by atoms with Gasteiger partial charge in [-0.3, -0.25) is 0 Å². The smallest absolute Gasteiger partial charge is 0.0642 e. The van der Waals surface area contributed by atoms with Crippen molar-refractivity contribution < 1.29 is 4.74 Å². The van der Waals surface area contributed by atoms with E-state index in [0.29, 0.717) is 0 Å². The van der Waals surface area contributed by atoms with Gasteiger partial charge in [-0.25, -0.2) is 0 Å². The fraction of sp³-hybridized carbons (Fsp3) is 0.571. The topological polar surface area (TPSA) is 24.5 Å². The molecule has 1 aliphatic heterocycles. The number of benzene rings is 1. The van der Waals surface area contributed by atoms with E-state index in [1.807, 2.05) is 7.05 Å². The van der Waals surface area contributed by atoms with E-state index in [1.54, 1.807) is 0 Å². The molecule has 1 fully saturated rings. The molecule has 0 bridgehead atoms. The second-order valence-electron chi connectivity index (χ2n) is 4.99. The Kier molecular flexibility index (Phi) is 3.69. The highest BCUT2D eigenvalue weighted by Crippen LogP contribution is 2.30. The Bertz CT molecular complexity index is 370. The van der Waals surface area contributed by atoms with Crippen LogP contribution in [0.4, 0.5) is 5.69 Å². The normalized spacial score (nSPS) is 17.2. The van der Waals surface area contributed by atoms with Gasteiger partial charge in [-0.1, -0.05) is 18.2 Å². The number of rotatable bonds is 3. The minimum Gasteiger partial charge on any atom is -0.378 e. The lowest BCUT2D eigenvalue weighted by atomic mass is 9.92. The first-order chi connectivity index (χ1) is 8.15. The quantitative estimate of drug-likeness (QED) is 0.865. The lowest BCUT2D eigenvalue weighted by Crippen LogP contribution is -2.40. The van der Waals surface area contributed by atoms with Crippen LogP contribution in [0.25, 0.3) is 0 Å². The van der Waals surface area contributed by atoms with Gasteiger partial charge in [0.15, 0.2) is 0 Å². The summed E-state index contributed by atoms with van der Waals surface area (Å²) in [7, 11) is 2.01. The van der Waals surface area contributed by atoms with E-state index in [9.17, 15) is 0 Å². The van der Waals surface area contributed by atoms with Crippen LogP contribution in [0.1, 0.15) is 19.4 Å². The molecule has 1 saturated heterocycles. The third kappa shape index (κ3) is 2.61. The Balaban J connectivity index is 2.33. The summed E-state index contributed by atoms with van der Waals surface area (Å²) in [6.45, 7) is 8.05. The van der Waals surface area contributed by atoms with E-state index in [1.165, 1.54) is 11.3 Å². The van der Waals surface area contributed by atoms with Crippen molar-refractivity contribution in [1.29, 1.82) is 0 Å². The highest BCUT2D eigenvalue weighted by molar-refractivity contribution is 5.56. The van der Waals surface area contributed by atoms with Crippen molar-refractivity contribution in [3.8, 4) is 0 Å². The van der Waals surface area contributed by atoms with Crippen molar-refractivity contribution in [3.05, 3.63) is 29.8 Å². The van der Waals surface area contributed by atoms with E-state index in [0.717, 1.165) is 26.3 Å². The molecule has 0 atom stereocenters. The summed E-state index contributed by atoms with van der Waals surface area (Å²) in [6, 6.07) is 8.64. The van der Waals surface area contributed by atoms with Crippen molar-refractivity contribution in [1.82, 2.24) is 5.32 Å². The number of morpholine rings is 1. The summed E-state index contributed by atoms with van der Waals surface area (Å²) in [5.74, 6) is 0. The zero-order valence-corrected chi connectivity index (χ0v) is 11.0. The zero-order valence-electron chi connectivity index (χ0n) is 11.0. The van der Waals surface area contributed by atoms with Gasteiger partial charge in [-0.05, 0) is 32.5 Å². The first-order valence-corrected chi connectivity index (χ1v) is 6.26. The van der Waals surface area contributed by atoms with E-state index >= 15 is 0 Å². The molecular formula is C14H22N2O. The van der Waals surface area contributed by atoms with Crippen molar-refractivity contribution in [3.63, 3.8) is 0 Å². The third-order valence-corrected chi connectivity index (χ3v) is 3.55. The fourth-order valence-corrected chi connectivity index (χ4v) is 2.22. The van der Waals surface area contributed by atoms with Crippen LogP contribution in [-0.2, 0) is 10.3 Å². The number of hydrogen-bond acceptors (Lipinski definition) is 3. The maximum atomic E-state index is 5.42. The van der Waals surface area contributed by atoms with E-state index < -0.39 is 0 Å². The molecular weight excluding hydrogens is 212 g/mol. The number of nitrogens with one attached hydrogen (secondary N) is 1. The molecule has 1 N–H and O–H groups in total. The van der Waals surface area contributed by atoms with Crippen LogP contribution in [0.5, 0.6) is 0 Å². The lowest BCUT2D eigenvalue weighted by Gasteiger charge is -2.35. The molecule has 2 rings (SSSR count). The van der Waals surface area contributed by atoms with Crippen LogP contribution < -0.4 is 10.2 Å². The van der Waals surface area contributed by atoms with Crippen LogP contribution in [0.3, 0.4) is 0 Å². The number of nitrogens with zero attached hydrogens (tertiary/aromatic N) is 1. The monoisotopic (exact) mass is 234 g/mol. The number of anilines is 1. The van der Waals surface area contributed by atoms with Crippen LogP contribution in [0, 0.1) is 0 Å². The van der Waals surface area contributed by atoms with Crippen molar-refractivity contribution >= 4 is 5.69 Å². The molecule has 0 saturated carbocycles. The summed E-state index contributed by atoms with van der Waals surface area (Å²) in [5.41, 5.74) is 2.68. The maximum Gasteiger partial charge on any atom is 0.0642 e. The minimum absolute atomic E-state index is 0.00506. The van der Waals surface area contributed by atoms with Gasteiger partial charge in [-0.2, -0.15) is 0 Å². The Morgan fingerprint density at radius 2 is 1.82 bits per heavy atom. The lowest BCUT2D eigenvalue weighted by molar-refractivity contribution is 0.122. The van der Waals surface area contributed by atoms with Crippen LogP contribution in [0.2, 0.25) is 0 Å². The summed E-state index contributed by atoms with van der Waals surface area (Å²) in [4.78, 5) is 2.41. The molecule has 0 radical (unpaired) electrons. The average Bonchev–Trinajstić information content (AvgIpc) is 2.40. The van der Waals surface area contributed by atoms with Crippen molar-refractivity contribution in [2.24, 2.45) is 0 Å². The molecule has 0 unspecified atom stereocenters. The summed E-state index contributed by atoms with van der Waals surface area (Å²) < 4.78 is 5.42. The SMILES string of the molecule is CNC(C)(C)c1ccccc1N1CCOCC1. The summed E-state index contributed by atoms with van der Waals surface area (Å²) in [6.07, 6.45) is 0. The molecule has 1 heterocycles. The Hall–Kier alpha value is -1.06. The predicted molar refractivity (Wildman–Crippen MR) is 71.6 cm³/mol. The predicted octanol–water partition coefficient (Wildman–Crippen LogP) is 1.98. The molecule has 0 aliphatic carbocycles. The average molecular weight is 234 g/mol. The highest BCUT2D eigenvalue weighted by Gasteiger charge is 2.24. The Morgan fingerprint density at radius 1 is 1.18 bits per heavy atom. The number of ether oxygens (including phenoxy) is 1. The van der Waals surface area contributed by atoms with Crippen LogP contribution in [-0.4, -0.2) is 33.4 Å². The first-order valence-electron chi connectivity index (χ1n) is 6.26.